The van der Waals surface area contributed by atoms with Crippen molar-refractivity contribution in [2.24, 2.45) is 17.8 Å². The summed E-state index contributed by atoms with van der Waals surface area (Å²) in [6.45, 7) is 3.90. The van der Waals surface area contributed by atoms with Crippen molar-refractivity contribution < 1.29 is 4.79 Å². The maximum absolute atomic E-state index is 12.5. The Kier molecular flexibility index (Phi) is 4.18. The van der Waals surface area contributed by atoms with Crippen LogP contribution in [0.3, 0.4) is 0 Å². The Balaban J connectivity index is 1.59. The Morgan fingerprint density at radius 2 is 2.00 bits per heavy atom. The summed E-state index contributed by atoms with van der Waals surface area (Å²) in [6.07, 6.45) is 5.55. The number of carbonyl (C=O) groups excluding carboxylic acids is 1. The minimum absolute atomic E-state index is 0.154. The Bertz CT molecular complexity index is 496. The third-order valence-electron chi connectivity index (χ3n) is 5.25. The van der Waals surface area contributed by atoms with Crippen molar-refractivity contribution in [3.8, 4) is 0 Å². The largest absolute Gasteiger partial charge is 0.385 e. The zero-order chi connectivity index (χ0) is 14.8. The van der Waals surface area contributed by atoms with Crippen LogP contribution in [-0.2, 0) is 0 Å². The van der Waals surface area contributed by atoms with E-state index in [1.54, 1.807) is 0 Å². The maximum atomic E-state index is 12.5. The van der Waals surface area contributed by atoms with E-state index in [1.165, 1.54) is 25.7 Å². The van der Waals surface area contributed by atoms with Crippen LogP contribution in [0.4, 0.5) is 5.69 Å². The van der Waals surface area contributed by atoms with Crippen molar-refractivity contribution in [3.05, 3.63) is 29.8 Å². The van der Waals surface area contributed by atoms with Gasteiger partial charge in [0.05, 0.1) is 0 Å². The lowest BCUT2D eigenvalue weighted by Gasteiger charge is -2.27. The summed E-state index contributed by atoms with van der Waals surface area (Å²) >= 11 is 0. The average molecular weight is 286 g/mol. The first-order valence-electron chi connectivity index (χ1n) is 8.26. The van der Waals surface area contributed by atoms with E-state index < -0.39 is 0 Å². The van der Waals surface area contributed by atoms with Crippen molar-refractivity contribution in [2.75, 3.05) is 25.5 Å². The zero-order valence-corrected chi connectivity index (χ0v) is 13.1. The van der Waals surface area contributed by atoms with Crippen molar-refractivity contribution in [1.29, 1.82) is 0 Å². The SMILES string of the molecule is CCNc1ccc(C(=O)N(C)CC2CC3CCC2C3)cc1. The van der Waals surface area contributed by atoms with Crippen molar-refractivity contribution in [1.82, 2.24) is 4.90 Å². The molecule has 3 unspecified atom stereocenters. The molecule has 3 rings (SSSR count). The van der Waals surface area contributed by atoms with Crippen molar-refractivity contribution in [2.45, 2.75) is 32.6 Å². The highest BCUT2D eigenvalue weighted by atomic mass is 16.2. The van der Waals surface area contributed by atoms with Gasteiger partial charge in [-0.2, -0.15) is 0 Å². The summed E-state index contributed by atoms with van der Waals surface area (Å²) in [7, 11) is 1.95. The van der Waals surface area contributed by atoms with E-state index in [2.05, 4.69) is 12.2 Å². The van der Waals surface area contributed by atoms with Gasteiger partial charge in [-0.3, -0.25) is 4.79 Å². The third kappa shape index (κ3) is 3.07. The Labute approximate surface area is 127 Å². The number of carbonyl (C=O) groups is 1. The number of hydrogen-bond donors (Lipinski definition) is 1. The van der Waals surface area contributed by atoms with E-state index in [0.717, 1.165) is 42.1 Å². The molecule has 1 aromatic carbocycles. The van der Waals surface area contributed by atoms with Crippen LogP contribution < -0.4 is 5.32 Å². The summed E-state index contributed by atoms with van der Waals surface area (Å²) in [5, 5.41) is 3.25. The zero-order valence-electron chi connectivity index (χ0n) is 13.1. The van der Waals surface area contributed by atoms with Crippen molar-refractivity contribution >= 4 is 11.6 Å². The smallest absolute Gasteiger partial charge is 0.253 e. The molecular formula is C18H26N2O. The van der Waals surface area contributed by atoms with Gasteiger partial charge in [-0.15, -0.1) is 0 Å². The second-order valence-corrected chi connectivity index (χ2v) is 6.73. The Hall–Kier alpha value is -1.51. The molecule has 0 saturated heterocycles. The molecule has 2 fully saturated rings. The van der Waals surface area contributed by atoms with Crippen LogP contribution >= 0.6 is 0 Å². The molecule has 1 N–H and O–H groups in total. The van der Waals surface area contributed by atoms with E-state index in [9.17, 15) is 4.79 Å². The van der Waals surface area contributed by atoms with E-state index in [-0.39, 0.29) is 5.91 Å². The van der Waals surface area contributed by atoms with Crippen LogP contribution in [0.15, 0.2) is 24.3 Å². The monoisotopic (exact) mass is 286 g/mol. The first-order chi connectivity index (χ1) is 10.2. The molecule has 1 amide bonds. The quantitative estimate of drug-likeness (QED) is 0.896. The van der Waals surface area contributed by atoms with Gasteiger partial charge in [0, 0.05) is 31.4 Å². The predicted molar refractivity (Wildman–Crippen MR) is 86.5 cm³/mol. The molecule has 114 valence electrons. The molecular weight excluding hydrogens is 260 g/mol. The predicted octanol–water partition coefficient (Wildman–Crippen LogP) is 3.63. The lowest BCUT2D eigenvalue weighted by molar-refractivity contribution is 0.0754. The van der Waals surface area contributed by atoms with Gasteiger partial charge in [0.2, 0.25) is 0 Å². The molecule has 21 heavy (non-hydrogen) atoms. The number of hydrogen-bond acceptors (Lipinski definition) is 2. The van der Waals surface area contributed by atoms with Gasteiger partial charge >= 0.3 is 0 Å². The molecule has 2 aliphatic carbocycles. The first kappa shape index (κ1) is 14.4. The van der Waals surface area contributed by atoms with Gasteiger partial charge in [-0.25, -0.2) is 0 Å². The highest BCUT2D eigenvalue weighted by Crippen LogP contribution is 2.48. The van der Waals surface area contributed by atoms with Gasteiger partial charge in [0.25, 0.3) is 5.91 Å². The van der Waals surface area contributed by atoms with Crippen LogP contribution in [0.25, 0.3) is 0 Å². The van der Waals surface area contributed by atoms with Crippen LogP contribution in [0.5, 0.6) is 0 Å². The standard InChI is InChI=1S/C18H26N2O/c1-3-19-17-8-6-14(7-9-17)18(21)20(2)12-16-11-13-4-5-15(16)10-13/h6-9,13,15-16,19H,3-5,10-12H2,1-2H3. The minimum Gasteiger partial charge on any atom is -0.385 e. The summed E-state index contributed by atoms with van der Waals surface area (Å²) < 4.78 is 0. The maximum Gasteiger partial charge on any atom is 0.253 e. The topological polar surface area (TPSA) is 32.3 Å². The molecule has 3 heteroatoms. The summed E-state index contributed by atoms with van der Waals surface area (Å²) in [5.41, 5.74) is 1.87. The third-order valence-corrected chi connectivity index (χ3v) is 5.25. The van der Waals surface area contributed by atoms with Crippen LogP contribution in [-0.4, -0.2) is 30.9 Å². The van der Waals surface area contributed by atoms with E-state index in [4.69, 9.17) is 0 Å². The van der Waals surface area contributed by atoms with E-state index >= 15 is 0 Å². The highest BCUT2D eigenvalue weighted by molar-refractivity contribution is 5.94. The molecule has 0 aromatic heterocycles. The van der Waals surface area contributed by atoms with Gasteiger partial charge < -0.3 is 10.2 Å². The normalized spacial score (nSPS) is 26.9. The van der Waals surface area contributed by atoms with E-state index in [0.29, 0.717) is 0 Å². The van der Waals surface area contributed by atoms with Gasteiger partial charge in [-0.05, 0) is 68.2 Å². The number of anilines is 1. The summed E-state index contributed by atoms with van der Waals surface area (Å²) in [5.74, 6) is 2.71. The van der Waals surface area contributed by atoms with Crippen LogP contribution in [0.2, 0.25) is 0 Å². The van der Waals surface area contributed by atoms with Gasteiger partial charge in [0.1, 0.15) is 0 Å². The van der Waals surface area contributed by atoms with Gasteiger partial charge in [0.15, 0.2) is 0 Å². The number of fused-ring (bicyclic) bond motifs is 2. The first-order valence-corrected chi connectivity index (χ1v) is 8.26. The van der Waals surface area contributed by atoms with Crippen LogP contribution in [0, 0.1) is 17.8 Å². The molecule has 1 aromatic rings. The van der Waals surface area contributed by atoms with Gasteiger partial charge in [-0.1, -0.05) is 6.42 Å². The number of nitrogens with zero attached hydrogens (tertiary/aromatic N) is 1. The second kappa shape index (κ2) is 6.08. The molecule has 0 aliphatic heterocycles. The molecule has 3 nitrogen and oxygen atoms in total. The minimum atomic E-state index is 0.154. The Morgan fingerprint density at radius 1 is 1.24 bits per heavy atom. The molecule has 3 atom stereocenters. The van der Waals surface area contributed by atoms with Crippen molar-refractivity contribution in [3.63, 3.8) is 0 Å². The fraction of sp³-hybridized carbons (Fsp3) is 0.611. The lowest BCUT2D eigenvalue weighted by atomic mass is 9.88. The second-order valence-electron chi connectivity index (χ2n) is 6.73. The number of rotatable bonds is 5. The number of nitrogens with one attached hydrogen (secondary N) is 1. The molecule has 0 heterocycles. The molecule has 0 radical (unpaired) electrons. The average Bonchev–Trinajstić information content (AvgIpc) is 3.10. The molecule has 2 aliphatic rings. The number of benzene rings is 1. The Morgan fingerprint density at radius 3 is 2.57 bits per heavy atom. The molecule has 2 bridgehead atoms. The highest BCUT2D eigenvalue weighted by Gasteiger charge is 2.40. The fourth-order valence-electron chi connectivity index (χ4n) is 4.19. The lowest BCUT2D eigenvalue weighted by Crippen LogP contribution is -2.33. The van der Waals surface area contributed by atoms with Crippen LogP contribution in [0.1, 0.15) is 43.0 Å². The summed E-state index contributed by atoms with van der Waals surface area (Å²) in [6, 6.07) is 7.83. The fourth-order valence-corrected chi connectivity index (χ4v) is 4.19. The summed E-state index contributed by atoms with van der Waals surface area (Å²) in [4.78, 5) is 14.4. The van der Waals surface area contributed by atoms with E-state index in [1.807, 2.05) is 36.2 Å². The molecule has 0 spiro atoms. The number of amides is 1. The molecule has 2 saturated carbocycles.